The number of nitrogens with zero attached hydrogens (tertiary/aromatic N) is 3. The normalized spacial score (nSPS) is 18.6. The minimum Gasteiger partial charge on any atom is -0.346 e. The molecule has 9 nitrogen and oxygen atoms in total. The molecule has 120 valence electrons. The Morgan fingerprint density at radius 3 is 2.41 bits per heavy atom. The van der Waals surface area contributed by atoms with Crippen molar-refractivity contribution >= 4 is 41.1 Å². The SMILES string of the molecule is O=CN1CCN(C(=O)C(=O)NCCN2C(=O)CSC2=O)CC1. The number of carbonyl (C=O) groups is 5. The topological polar surface area (TPSA) is 107 Å². The van der Waals surface area contributed by atoms with Crippen LogP contribution in [0.25, 0.3) is 0 Å². The van der Waals surface area contributed by atoms with Gasteiger partial charge in [0.15, 0.2) is 0 Å². The second-order valence-corrected chi connectivity index (χ2v) is 5.72. The van der Waals surface area contributed by atoms with E-state index in [1.54, 1.807) is 0 Å². The van der Waals surface area contributed by atoms with Crippen LogP contribution in [0.1, 0.15) is 0 Å². The van der Waals surface area contributed by atoms with Crippen LogP contribution >= 0.6 is 11.8 Å². The molecule has 0 radical (unpaired) electrons. The van der Waals surface area contributed by atoms with E-state index in [0.29, 0.717) is 32.6 Å². The summed E-state index contributed by atoms with van der Waals surface area (Å²) in [6, 6.07) is 0. The molecule has 2 aliphatic rings. The third-order valence-corrected chi connectivity index (χ3v) is 4.26. The van der Waals surface area contributed by atoms with Crippen molar-refractivity contribution in [1.82, 2.24) is 20.0 Å². The van der Waals surface area contributed by atoms with Gasteiger partial charge in [-0.1, -0.05) is 11.8 Å². The first-order valence-corrected chi connectivity index (χ1v) is 7.75. The van der Waals surface area contributed by atoms with Gasteiger partial charge in [-0.05, 0) is 0 Å². The molecule has 2 saturated heterocycles. The van der Waals surface area contributed by atoms with Crippen LogP contribution in [0.3, 0.4) is 0 Å². The first-order valence-electron chi connectivity index (χ1n) is 6.76. The average Bonchev–Trinajstić information content (AvgIpc) is 2.86. The maximum atomic E-state index is 11.9. The van der Waals surface area contributed by atoms with Crippen LogP contribution in [0.15, 0.2) is 0 Å². The highest BCUT2D eigenvalue weighted by molar-refractivity contribution is 8.14. The van der Waals surface area contributed by atoms with Gasteiger partial charge in [0, 0.05) is 39.3 Å². The summed E-state index contributed by atoms with van der Waals surface area (Å²) in [5.41, 5.74) is 0. The third-order valence-electron chi connectivity index (χ3n) is 3.41. The van der Waals surface area contributed by atoms with Gasteiger partial charge in [-0.25, -0.2) is 0 Å². The Morgan fingerprint density at radius 2 is 1.86 bits per heavy atom. The largest absolute Gasteiger partial charge is 0.346 e. The zero-order valence-corrected chi connectivity index (χ0v) is 12.6. The fourth-order valence-electron chi connectivity index (χ4n) is 2.13. The van der Waals surface area contributed by atoms with Gasteiger partial charge in [0.2, 0.25) is 12.3 Å². The lowest BCUT2D eigenvalue weighted by Crippen LogP contribution is -2.52. The lowest BCUT2D eigenvalue weighted by molar-refractivity contribution is -0.147. The van der Waals surface area contributed by atoms with Crippen molar-refractivity contribution < 1.29 is 24.0 Å². The van der Waals surface area contributed by atoms with Gasteiger partial charge in [-0.3, -0.25) is 28.9 Å². The highest BCUT2D eigenvalue weighted by atomic mass is 32.2. The van der Waals surface area contributed by atoms with Crippen LogP contribution < -0.4 is 5.32 Å². The predicted octanol–water partition coefficient (Wildman–Crippen LogP) is -1.90. The van der Waals surface area contributed by atoms with Crippen LogP contribution in [0.4, 0.5) is 4.79 Å². The highest BCUT2D eigenvalue weighted by Crippen LogP contribution is 2.17. The van der Waals surface area contributed by atoms with Crippen LogP contribution in [0.2, 0.25) is 0 Å². The Balaban J connectivity index is 1.73. The van der Waals surface area contributed by atoms with E-state index in [-0.39, 0.29) is 30.0 Å². The first kappa shape index (κ1) is 16.3. The number of amides is 5. The molecule has 2 heterocycles. The number of rotatable bonds is 4. The summed E-state index contributed by atoms with van der Waals surface area (Å²) < 4.78 is 0. The molecule has 0 spiro atoms. The molecule has 0 aromatic rings. The van der Waals surface area contributed by atoms with Crippen molar-refractivity contribution in [2.24, 2.45) is 0 Å². The maximum Gasteiger partial charge on any atom is 0.312 e. The zero-order chi connectivity index (χ0) is 16.1. The lowest BCUT2D eigenvalue weighted by Gasteiger charge is -2.32. The number of hydrogen-bond donors (Lipinski definition) is 1. The van der Waals surface area contributed by atoms with Crippen molar-refractivity contribution in [2.45, 2.75) is 0 Å². The summed E-state index contributed by atoms with van der Waals surface area (Å²) in [6.45, 7) is 1.52. The molecule has 2 rings (SSSR count). The van der Waals surface area contributed by atoms with E-state index < -0.39 is 11.8 Å². The van der Waals surface area contributed by atoms with Crippen molar-refractivity contribution in [1.29, 1.82) is 0 Å². The molecule has 0 bridgehead atoms. The fraction of sp³-hybridized carbons (Fsp3) is 0.583. The van der Waals surface area contributed by atoms with Gasteiger partial charge in [-0.2, -0.15) is 0 Å². The van der Waals surface area contributed by atoms with Crippen molar-refractivity contribution in [2.75, 3.05) is 45.0 Å². The van der Waals surface area contributed by atoms with Crippen LogP contribution in [0.5, 0.6) is 0 Å². The molecule has 5 amide bonds. The number of thioether (sulfide) groups is 1. The molecule has 1 N–H and O–H groups in total. The van der Waals surface area contributed by atoms with E-state index >= 15 is 0 Å². The quantitative estimate of drug-likeness (QED) is 0.477. The fourth-order valence-corrected chi connectivity index (χ4v) is 2.88. The van der Waals surface area contributed by atoms with Crippen LogP contribution in [0, 0.1) is 0 Å². The molecule has 2 fully saturated rings. The van der Waals surface area contributed by atoms with Crippen molar-refractivity contribution in [3.8, 4) is 0 Å². The summed E-state index contributed by atoms with van der Waals surface area (Å²) >= 11 is 0.920. The van der Waals surface area contributed by atoms with Crippen molar-refractivity contribution in [3.05, 3.63) is 0 Å². The van der Waals surface area contributed by atoms with E-state index in [1.807, 2.05) is 0 Å². The molecule has 0 aromatic carbocycles. The molecule has 0 aromatic heterocycles. The molecule has 22 heavy (non-hydrogen) atoms. The van der Waals surface area contributed by atoms with Gasteiger partial charge in [0.1, 0.15) is 0 Å². The monoisotopic (exact) mass is 328 g/mol. The summed E-state index contributed by atoms with van der Waals surface area (Å²) in [5, 5.41) is 2.07. The van der Waals surface area contributed by atoms with Gasteiger partial charge >= 0.3 is 11.8 Å². The van der Waals surface area contributed by atoms with E-state index in [2.05, 4.69) is 5.32 Å². The van der Waals surface area contributed by atoms with Crippen molar-refractivity contribution in [3.63, 3.8) is 0 Å². The Hall–Kier alpha value is -2.10. The number of piperazine rings is 1. The second-order valence-electron chi connectivity index (χ2n) is 4.79. The number of carbonyl (C=O) groups excluding carboxylic acids is 5. The first-order chi connectivity index (χ1) is 10.5. The molecule has 10 heteroatoms. The zero-order valence-electron chi connectivity index (χ0n) is 11.8. The molecule has 0 aliphatic carbocycles. The van der Waals surface area contributed by atoms with Gasteiger partial charge in [-0.15, -0.1) is 0 Å². The minimum absolute atomic E-state index is 0.0386. The number of imide groups is 1. The lowest BCUT2D eigenvalue weighted by atomic mass is 10.3. The second kappa shape index (κ2) is 7.25. The van der Waals surface area contributed by atoms with Crippen LogP contribution in [-0.4, -0.2) is 89.1 Å². The molecule has 0 unspecified atom stereocenters. The Morgan fingerprint density at radius 1 is 1.18 bits per heavy atom. The van der Waals surface area contributed by atoms with Gasteiger partial charge < -0.3 is 15.1 Å². The van der Waals surface area contributed by atoms with Gasteiger partial charge in [0.05, 0.1) is 5.75 Å². The smallest absolute Gasteiger partial charge is 0.312 e. The molecular weight excluding hydrogens is 312 g/mol. The average molecular weight is 328 g/mol. The van der Waals surface area contributed by atoms with E-state index in [9.17, 15) is 24.0 Å². The summed E-state index contributed by atoms with van der Waals surface area (Å²) in [5.74, 6) is -1.61. The third kappa shape index (κ3) is 3.75. The highest BCUT2D eigenvalue weighted by Gasteiger charge is 2.30. The molecular formula is C12H16N4O5S. The van der Waals surface area contributed by atoms with Gasteiger partial charge in [0.25, 0.3) is 5.24 Å². The summed E-state index contributed by atoms with van der Waals surface area (Å²) in [4.78, 5) is 60.9. The van der Waals surface area contributed by atoms with E-state index in [4.69, 9.17) is 0 Å². The standard InChI is InChI=1S/C12H16N4O5S/c17-8-14-3-5-15(6-4-14)11(20)10(19)13-1-2-16-9(18)7-22-12(16)21/h8H,1-7H2,(H,13,19). The van der Waals surface area contributed by atoms with E-state index in [1.165, 1.54) is 9.80 Å². The molecule has 2 aliphatic heterocycles. The molecule has 0 saturated carbocycles. The number of hydrogen-bond acceptors (Lipinski definition) is 6. The Labute approximate surface area is 131 Å². The Bertz CT molecular complexity index is 488. The molecule has 0 atom stereocenters. The maximum absolute atomic E-state index is 11.9. The summed E-state index contributed by atoms with van der Waals surface area (Å²) in [6.07, 6.45) is 0.712. The van der Waals surface area contributed by atoms with E-state index in [0.717, 1.165) is 16.7 Å². The predicted molar refractivity (Wildman–Crippen MR) is 76.8 cm³/mol. The summed E-state index contributed by atoms with van der Waals surface area (Å²) in [7, 11) is 0. The minimum atomic E-state index is -0.772. The number of nitrogens with one attached hydrogen (secondary N) is 1. The van der Waals surface area contributed by atoms with Crippen LogP contribution in [-0.2, 0) is 19.2 Å². The Kier molecular flexibility index (Phi) is 5.36.